The molecule has 0 fully saturated rings. The van der Waals surface area contributed by atoms with E-state index in [2.05, 4.69) is 5.32 Å². The number of amides is 1. The lowest BCUT2D eigenvalue weighted by Crippen LogP contribution is -2.37. The Morgan fingerprint density at radius 3 is 2.30 bits per heavy atom. The van der Waals surface area contributed by atoms with E-state index in [1.807, 2.05) is 0 Å². The number of hydrogen-bond acceptors (Lipinski definition) is 4. The Balaban J connectivity index is 2.17. The second kappa shape index (κ2) is 7.87. The van der Waals surface area contributed by atoms with Crippen LogP contribution in [0.2, 0.25) is 0 Å². The van der Waals surface area contributed by atoms with Crippen molar-refractivity contribution in [2.45, 2.75) is 6.18 Å². The molecule has 10 heteroatoms. The molecule has 0 bridgehead atoms. The highest BCUT2D eigenvalue weighted by Gasteiger charge is 2.30. The third-order valence-electron chi connectivity index (χ3n) is 3.52. The second-order valence-electron chi connectivity index (χ2n) is 5.59. The number of ether oxygens (including phenoxy) is 1. The summed E-state index contributed by atoms with van der Waals surface area (Å²) in [6, 6.07) is 9.97. The second-order valence-corrected chi connectivity index (χ2v) is 7.50. The Hall–Kier alpha value is -2.75. The minimum atomic E-state index is -4.48. The van der Waals surface area contributed by atoms with Crippen LogP contribution >= 0.6 is 0 Å². The number of alkyl halides is 3. The number of halogens is 3. The Morgan fingerprint density at radius 2 is 1.78 bits per heavy atom. The molecule has 0 spiro atoms. The van der Waals surface area contributed by atoms with E-state index in [1.54, 1.807) is 12.1 Å². The van der Waals surface area contributed by atoms with Gasteiger partial charge in [0.2, 0.25) is 15.9 Å². The molecular weight excluding hydrogens is 385 g/mol. The first-order chi connectivity index (χ1) is 12.5. The lowest BCUT2D eigenvalue weighted by atomic mass is 10.2. The van der Waals surface area contributed by atoms with Crippen molar-refractivity contribution in [3.63, 3.8) is 0 Å². The van der Waals surface area contributed by atoms with Crippen molar-refractivity contribution in [3.8, 4) is 5.75 Å². The van der Waals surface area contributed by atoms with E-state index in [4.69, 9.17) is 4.74 Å². The summed E-state index contributed by atoms with van der Waals surface area (Å²) in [7, 11) is -2.37. The zero-order valence-electron chi connectivity index (χ0n) is 14.4. The fraction of sp³-hybridized carbons (Fsp3) is 0.235. The maximum atomic E-state index is 12.6. The smallest absolute Gasteiger partial charge is 0.416 e. The molecule has 2 rings (SSSR count). The molecule has 0 aliphatic rings. The molecule has 6 nitrogen and oxygen atoms in total. The van der Waals surface area contributed by atoms with E-state index in [0.717, 1.165) is 34.8 Å². The molecule has 0 radical (unpaired) electrons. The van der Waals surface area contributed by atoms with Crippen LogP contribution in [0.15, 0.2) is 48.5 Å². The summed E-state index contributed by atoms with van der Waals surface area (Å²) < 4.78 is 67.7. The predicted octanol–water partition coefficient (Wildman–Crippen LogP) is 3.12. The van der Waals surface area contributed by atoms with Crippen molar-refractivity contribution < 1.29 is 31.1 Å². The zero-order valence-corrected chi connectivity index (χ0v) is 15.3. The summed E-state index contributed by atoms with van der Waals surface area (Å²) in [5.41, 5.74) is -0.513. The standard InChI is InChI=1S/C17H17F3N2O4S/c1-26-15-5-3-4-14(10-15)22(27(2,24)25)11-16(23)21-13-8-6-12(7-9-13)17(18,19)20/h3-10H,11H2,1-2H3,(H,21,23). The summed E-state index contributed by atoms with van der Waals surface area (Å²) in [4.78, 5) is 12.2. The van der Waals surface area contributed by atoms with Gasteiger partial charge in [0.25, 0.3) is 0 Å². The Labute approximate surface area is 154 Å². The number of sulfonamides is 1. The van der Waals surface area contributed by atoms with Gasteiger partial charge in [-0.2, -0.15) is 13.2 Å². The molecule has 146 valence electrons. The predicted molar refractivity (Wildman–Crippen MR) is 95.3 cm³/mol. The molecule has 2 aromatic rings. The Bertz CT molecular complexity index is 913. The number of nitrogens with zero attached hydrogens (tertiary/aromatic N) is 1. The van der Waals surface area contributed by atoms with Crippen LogP contribution in [0.3, 0.4) is 0 Å². The van der Waals surface area contributed by atoms with Gasteiger partial charge in [-0.05, 0) is 36.4 Å². The van der Waals surface area contributed by atoms with Gasteiger partial charge in [-0.15, -0.1) is 0 Å². The van der Waals surface area contributed by atoms with Gasteiger partial charge >= 0.3 is 6.18 Å². The van der Waals surface area contributed by atoms with Crippen LogP contribution in [0.4, 0.5) is 24.5 Å². The maximum Gasteiger partial charge on any atom is 0.416 e. The number of rotatable bonds is 6. The summed E-state index contributed by atoms with van der Waals surface area (Å²) >= 11 is 0. The Morgan fingerprint density at radius 1 is 1.15 bits per heavy atom. The maximum absolute atomic E-state index is 12.6. The topological polar surface area (TPSA) is 75.7 Å². The molecule has 2 aromatic carbocycles. The summed E-state index contributed by atoms with van der Waals surface area (Å²) in [6.45, 7) is -0.549. The number of carbonyl (C=O) groups is 1. The van der Waals surface area contributed by atoms with Crippen molar-refractivity contribution in [1.29, 1.82) is 0 Å². The minimum Gasteiger partial charge on any atom is -0.497 e. The van der Waals surface area contributed by atoms with Crippen molar-refractivity contribution in [1.82, 2.24) is 0 Å². The van der Waals surface area contributed by atoms with Gasteiger partial charge in [0.05, 0.1) is 24.6 Å². The van der Waals surface area contributed by atoms with Crippen molar-refractivity contribution >= 4 is 27.3 Å². The van der Waals surface area contributed by atoms with Crippen LogP contribution in [0.25, 0.3) is 0 Å². The van der Waals surface area contributed by atoms with E-state index in [-0.39, 0.29) is 11.4 Å². The molecule has 0 saturated carbocycles. The van der Waals surface area contributed by atoms with Gasteiger partial charge in [0.1, 0.15) is 12.3 Å². The lowest BCUT2D eigenvalue weighted by Gasteiger charge is -2.22. The van der Waals surface area contributed by atoms with Gasteiger partial charge in [-0.1, -0.05) is 6.07 Å². The molecule has 0 saturated heterocycles. The molecule has 0 atom stereocenters. The number of nitrogens with one attached hydrogen (secondary N) is 1. The highest BCUT2D eigenvalue weighted by molar-refractivity contribution is 7.92. The van der Waals surface area contributed by atoms with Crippen LogP contribution in [-0.2, 0) is 21.0 Å². The third kappa shape index (κ3) is 5.61. The van der Waals surface area contributed by atoms with E-state index in [1.165, 1.54) is 19.2 Å². The first-order valence-corrected chi connectivity index (χ1v) is 9.44. The van der Waals surface area contributed by atoms with Crippen LogP contribution in [0.5, 0.6) is 5.75 Å². The van der Waals surface area contributed by atoms with E-state index >= 15 is 0 Å². The van der Waals surface area contributed by atoms with Gasteiger partial charge < -0.3 is 10.1 Å². The lowest BCUT2D eigenvalue weighted by molar-refractivity contribution is -0.137. The number of methoxy groups -OCH3 is 1. The molecule has 0 aromatic heterocycles. The Kier molecular flexibility index (Phi) is 5.99. The van der Waals surface area contributed by atoms with Crippen LogP contribution in [0.1, 0.15) is 5.56 Å². The van der Waals surface area contributed by atoms with Crippen LogP contribution < -0.4 is 14.4 Å². The highest BCUT2D eigenvalue weighted by Crippen LogP contribution is 2.30. The number of benzene rings is 2. The molecule has 0 unspecified atom stereocenters. The molecule has 0 aliphatic heterocycles. The highest BCUT2D eigenvalue weighted by atomic mass is 32.2. The van der Waals surface area contributed by atoms with Crippen molar-refractivity contribution in [2.75, 3.05) is 29.5 Å². The quantitative estimate of drug-likeness (QED) is 0.806. The van der Waals surface area contributed by atoms with Gasteiger partial charge in [0.15, 0.2) is 0 Å². The number of anilines is 2. The van der Waals surface area contributed by atoms with Gasteiger partial charge in [0, 0.05) is 11.8 Å². The van der Waals surface area contributed by atoms with E-state index in [9.17, 15) is 26.4 Å². The average molecular weight is 402 g/mol. The fourth-order valence-corrected chi connectivity index (χ4v) is 3.09. The summed E-state index contributed by atoms with van der Waals surface area (Å²) in [5.74, 6) is -0.299. The SMILES string of the molecule is COc1cccc(N(CC(=O)Nc2ccc(C(F)(F)F)cc2)S(C)(=O)=O)c1. The average Bonchev–Trinajstić information content (AvgIpc) is 2.58. The van der Waals surface area contributed by atoms with E-state index < -0.39 is 34.2 Å². The van der Waals surface area contributed by atoms with E-state index in [0.29, 0.717) is 5.75 Å². The third-order valence-corrected chi connectivity index (χ3v) is 4.67. The molecule has 0 aliphatic carbocycles. The molecule has 27 heavy (non-hydrogen) atoms. The largest absolute Gasteiger partial charge is 0.497 e. The van der Waals surface area contributed by atoms with Gasteiger partial charge in [-0.25, -0.2) is 8.42 Å². The fourth-order valence-electron chi connectivity index (χ4n) is 2.24. The first-order valence-electron chi connectivity index (χ1n) is 7.59. The normalized spacial score (nSPS) is 11.7. The molecular formula is C17H17F3N2O4S. The molecule has 0 heterocycles. The summed E-state index contributed by atoms with van der Waals surface area (Å²) in [6.07, 6.45) is -3.54. The van der Waals surface area contributed by atoms with Crippen molar-refractivity contribution in [2.24, 2.45) is 0 Å². The first kappa shape index (κ1) is 20.6. The summed E-state index contributed by atoms with van der Waals surface area (Å²) in [5, 5.41) is 2.38. The van der Waals surface area contributed by atoms with Gasteiger partial charge in [-0.3, -0.25) is 9.10 Å². The van der Waals surface area contributed by atoms with Crippen LogP contribution in [0, 0.1) is 0 Å². The van der Waals surface area contributed by atoms with Crippen LogP contribution in [-0.4, -0.2) is 34.2 Å². The molecule has 1 N–H and O–H groups in total. The number of hydrogen-bond donors (Lipinski definition) is 1. The number of carbonyl (C=O) groups excluding carboxylic acids is 1. The minimum absolute atomic E-state index is 0.118. The molecule has 1 amide bonds. The van der Waals surface area contributed by atoms with Crippen molar-refractivity contribution in [3.05, 3.63) is 54.1 Å². The zero-order chi connectivity index (χ0) is 20.2. The monoisotopic (exact) mass is 402 g/mol.